The summed E-state index contributed by atoms with van der Waals surface area (Å²) in [7, 11) is 0. The van der Waals surface area contributed by atoms with Gasteiger partial charge in [-0.05, 0) is 15.4 Å². The molecule has 2 aromatic carbocycles. The van der Waals surface area contributed by atoms with E-state index < -0.39 is 0 Å². The van der Waals surface area contributed by atoms with Gasteiger partial charge < -0.3 is 0 Å². The van der Waals surface area contributed by atoms with Crippen molar-refractivity contribution < 1.29 is 9.49 Å². The SMILES string of the molecule is CC(=O)[N+]1=N[C@@H](/C=C/c2ccccc2)C[C@@H]1c1ccccc1. The summed E-state index contributed by atoms with van der Waals surface area (Å²) < 4.78 is 1.62. The molecule has 3 heteroatoms. The molecule has 1 heterocycles. The Bertz CT molecular complexity index is 705. The second-order valence-electron chi connectivity index (χ2n) is 5.48. The molecule has 2 atom stereocenters. The molecule has 0 unspecified atom stereocenters. The number of carbonyl (C=O) groups is 1. The normalized spacial score (nSPS) is 21.0. The van der Waals surface area contributed by atoms with Crippen LogP contribution in [-0.4, -0.2) is 16.6 Å². The van der Waals surface area contributed by atoms with Crippen molar-refractivity contribution in [2.45, 2.75) is 25.4 Å². The average molecular weight is 291 g/mol. The number of benzene rings is 2. The summed E-state index contributed by atoms with van der Waals surface area (Å²) in [6, 6.07) is 20.3. The Labute approximate surface area is 130 Å². The fourth-order valence-electron chi connectivity index (χ4n) is 2.77. The first-order valence-electron chi connectivity index (χ1n) is 7.53. The summed E-state index contributed by atoms with van der Waals surface area (Å²) >= 11 is 0. The number of azo groups is 2. The predicted molar refractivity (Wildman–Crippen MR) is 86.4 cm³/mol. The van der Waals surface area contributed by atoms with Gasteiger partial charge in [-0.25, -0.2) is 4.79 Å². The molecule has 2 aromatic rings. The molecule has 1 amide bonds. The molecule has 110 valence electrons. The van der Waals surface area contributed by atoms with Crippen LogP contribution in [0.3, 0.4) is 0 Å². The van der Waals surface area contributed by atoms with Crippen molar-refractivity contribution in [2.24, 2.45) is 5.11 Å². The van der Waals surface area contributed by atoms with E-state index >= 15 is 0 Å². The fourth-order valence-corrected chi connectivity index (χ4v) is 2.77. The van der Waals surface area contributed by atoms with Crippen LogP contribution in [0.25, 0.3) is 6.08 Å². The maximum absolute atomic E-state index is 11.9. The van der Waals surface area contributed by atoms with Crippen LogP contribution in [0.4, 0.5) is 0 Å². The minimum atomic E-state index is -0.00976. The van der Waals surface area contributed by atoms with Crippen molar-refractivity contribution in [2.75, 3.05) is 0 Å². The lowest BCUT2D eigenvalue weighted by Crippen LogP contribution is -2.17. The standard InChI is InChI=1S/C19H19N2O/c1-15(22)21-19(17-10-6-3-7-11-17)14-18(20-21)13-12-16-8-4-2-5-9-16/h2-13,18-19H,14H2,1H3/q+1/b13-12+/t18-,19+/m0/s1. The monoisotopic (exact) mass is 291 g/mol. The lowest BCUT2D eigenvalue weighted by molar-refractivity contribution is -0.541. The average Bonchev–Trinajstić information content (AvgIpc) is 2.99. The van der Waals surface area contributed by atoms with Gasteiger partial charge in [-0.2, -0.15) is 0 Å². The van der Waals surface area contributed by atoms with Crippen LogP contribution in [0.5, 0.6) is 0 Å². The van der Waals surface area contributed by atoms with Crippen LogP contribution in [0.1, 0.15) is 30.5 Å². The Morgan fingerprint density at radius 3 is 2.36 bits per heavy atom. The molecule has 3 nitrogen and oxygen atoms in total. The van der Waals surface area contributed by atoms with Gasteiger partial charge in [0, 0.05) is 12.0 Å². The second-order valence-corrected chi connectivity index (χ2v) is 5.48. The highest BCUT2D eigenvalue weighted by Gasteiger charge is 2.38. The van der Waals surface area contributed by atoms with Crippen molar-refractivity contribution in [3.63, 3.8) is 0 Å². The number of rotatable bonds is 3. The molecule has 0 radical (unpaired) electrons. The van der Waals surface area contributed by atoms with E-state index in [0.717, 1.165) is 17.5 Å². The molecule has 1 aliphatic heterocycles. The molecule has 0 fully saturated rings. The van der Waals surface area contributed by atoms with Crippen molar-refractivity contribution in [1.29, 1.82) is 0 Å². The van der Waals surface area contributed by atoms with Crippen LogP contribution in [0.15, 0.2) is 71.9 Å². The van der Waals surface area contributed by atoms with Crippen molar-refractivity contribution in [3.8, 4) is 0 Å². The molecule has 3 rings (SSSR count). The van der Waals surface area contributed by atoms with E-state index in [0.29, 0.717) is 0 Å². The number of nitrogens with zero attached hydrogens (tertiary/aromatic N) is 2. The molecule has 1 aliphatic rings. The zero-order valence-electron chi connectivity index (χ0n) is 12.6. The van der Waals surface area contributed by atoms with Crippen LogP contribution in [-0.2, 0) is 4.79 Å². The first kappa shape index (κ1) is 14.4. The van der Waals surface area contributed by atoms with Crippen LogP contribution in [0.2, 0.25) is 0 Å². The van der Waals surface area contributed by atoms with Gasteiger partial charge in [0.25, 0.3) is 0 Å². The van der Waals surface area contributed by atoms with Crippen molar-refractivity contribution >= 4 is 12.0 Å². The summed E-state index contributed by atoms with van der Waals surface area (Å²) in [4.78, 5) is 11.9. The van der Waals surface area contributed by atoms with Gasteiger partial charge in [0.2, 0.25) is 6.04 Å². The van der Waals surface area contributed by atoms with Crippen LogP contribution < -0.4 is 0 Å². The summed E-state index contributed by atoms with van der Waals surface area (Å²) in [6.07, 6.45) is 4.97. The van der Waals surface area contributed by atoms with Crippen LogP contribution in [0, 0.1) is 0 Å². The van der Waals surface area contributed by atoms with E-state index in [2.05, 4.69) is 41.5 Å². The quantitative estimate of drug-likeness (QED) is 0.779. The number of hydrogen-bond acceptors (Lipinski definition) is 2. The van der Waals surface area contributed by atoms with Crippen molar-refractivity contribution in [3.05, 3.63) is 77.9 Å². The highest BCUT2D eigenvalue weighted by atomic mass is 16.2. The van der Waals surface area contributed by atoms with Gasteiger partial charge >= 0.3 is 5.91 Å². The van der Waals surface area contributed by atoms with Gasteiger partial charge in [0.15, 0.2) is 0 Å². The summed E-state index contributed by atoms with van der Waals surface area (Å²) in [5.41, 5.74) is 2.28. The number of hydrogen-bond donors (Lipinski definition) is 0. The van der Waals surface area contributed by atoms with E-state index in [4.69, 9.17) is 0 Å². The van der Waals surface area contributed by atoms with E-state index in [9.17, 15) is 4.79 Å². The third-order valence-corrected chi connectivity index (χ3v) is 3.85. The van der Waals surface area contributed by atoms with Crippen molar-refractivity contribution in [1.82, 2.24) is 0 Å². The van der Waals surface area contributed by atoms with Crippen LogP contribution >= 0.6 is 0 Å². The van der Waals surface area contributed by atoms with E-state index in [1.54, 1.807) is 11.6 Å². The second kappa shape index (κ2) is 6.48. The minimum absolute atomic E-state index is 0.00976. The topological polar surface area (TPSA) is 32.4 Å². The van der Waals surface area contributed by atoms with Gasteiger partial charge in [-0.15, -0.1) is 0 Å². The van der Waals surface area contributed by atoms with Gasteiger partial charge in [0.05, 0.1) is 6.92 Å². The third kappa shape index (κ3) is 3.19. The molecule has 0 aromatic heterocycles. The molecule has 22 heavy (non-hydrogen) atoms. The summed E-state index contributed by atoms with van der Waals surface area (Å²) in [6.45, 7) is 1.57. The molecule has 0 saturated carbocycles. The maximum Gasteiger partial charge on any atom is 0.408 e. The zero-order valence-corrected chi connectivity index (χ0v) is 12.6. The Morgan fingerprint density at radius 1 is 1.09 bits per heavy atom. The highest BCUT2D eigenvalue weighted by molar-refractivity contribution is 5.63. The molecule has 0 saturated heterocycles. The maximum atomic E-state index is 11.9. The summed E-state index contributed by atoms with van der Waals surface area (Å²) in [5, 5.41) is 4.56. The Kier molecular flexibility index (Phi) is 4.24. The Hall–Kier alpha value is -2.55. The van der Waals surface area contributed by atoms with E-state index in [1.807, 2.05) is 36.4 Å². The Balaban J connectivity index is 1.81. The van der Waals surface area contributed by atoms with Gasteiger partial charge in [-0.1, -0.05) is 72.8 Å². The first-order valence-corrected chi connectivity index (χ1v) is 7.53. The third-order valence-electron chi connectivity index (χ3n) is 3.85. The minimum Gasteiger partial charge on any atom is -0.217 e. The highest BCUT2D eigenvalue weighted by Crippen LogP contribution is 2.30. The van der Waals surface area contributed by atoms with E-state index in [1.165, 1.54) is 0 Å². The largest absolute Gasteiger partial charge is 0.408 e. The number of carbonyl (C=O) groups excluding carboxylic acids is 1. The van der Waals surface area contributed by atoms with Gasteiger partial charge in [-0.3, -0.25) is 0 Å². The molecular weight excluding hydrogens is 272 g/mol. The molecule has 0 bridgehead atoms. The lowest BCUT2D eigenvalue weighted by Gasteiger charge is -2.04. The fraction of sp³-hybridized carbons (Fsp3) is 0.211. The smallest absolute Gasteiger partial charge is 0.217 e. The van der Waals surface area contributed by atoms with Gasteiger partial charge in [0.1, 0.15) is 6.04 Å². The van der Waals surface area contributed by atoms with E-state index in [-0.39, 0.29) is 18.0 Å². The predicted octanol–water partition coefficient (Wildman–Crippen LogP) is 4.22. The Morgan fingerprint density at radius 2 is 1.73 bits per heavy atom. The first-order chi connectivity index (χ1) is 10.7. The summed E-state index contributed by atoms with van der Waals surface area (Å²) in [5.74, 6) is -0.00976. The number of amides is 1. The molecular formula is C19H19N2O+. The molecule has 0 aliphatic carbocycles. The lowest BCUT2D eigenvalue weighted by atomic mass is 10.0. The molecule has 0 spiro atoms. The molecule has 0 N–H and O–H groups in total. The zero-order chi connectivity index (χ0) is 15.4.